The van der Waals surface area contributed by atoms with E-state index >= 15 is 0 Å². The van der Waals surface area contributed by atoms with E-state index in [1.807, 2.05) is 44.2 Å². The van der Waals surface area contributed by atoms with Crippen molar-refractivity contribution in [3.63, 3.8) is 0 Å². The van der Waals surface area contributed by atoms with E-state index < -0.39 is 26.3 Å². The van der Waals surface area contributed by atoms with Gasteiger partial charge in [-0.2, -0.15) is 0 Å². The molecule has 0 aromatic heterocycles. The molecule has 2 rings (SSSR count). The second kappa shape index (κ2) is 15.0. The van der Waals surface area contributed by atoms with E-state index in [0.717, 1.165) is 5.56 Å². The summed E-state index contributed by atoms with van der Waals surface area (Å²) in [7, 11) is -0.630. The lowest BCUT2D eigenvalue weighted by Crippen LogP contribution is -2.45. The third kappa shape index (κ3) is 11.9. The minimum atomic E-state index is -2.24. The Kier molecular flexibility index (Phi) is 12.9. The number of hydrogen-bond acceptors (Lipinski definition) is 8. The maximum Gasteiger partial charge on any atom is 0.192 e. The average molecular weight is 567 g/mol. The Morgan fingerprint density at radius 3 is 2.31 bits per heavy atom. The van der Waals surface area contributed by atoms with Gasteiger partial charge in [0.05, 0.1) is 38.1 Å². The number of aliphatic hydroxyl groups excluding tert-OH is 1. The van der Waals surface area contributed by atoms with Crippen molar-refractivity contribution in [2.75, 3.05) is 20.3 Å². The van der Waals surface area contributed by atoms with Gasteiger partial charge in [0.25, 0.3) is 0 Å². The SMILES string of the molecule is CO[C@@H](CCC(=O)C[C@@H](CC(=O)C[C@@H](O)COCc1ccccc1)O[Si](C)(C)C(C)(C)C)[C@H]1COC(C)(C)O1. The molecule has 0 radical (unpaired) electrons. The second-order valence-electron chi connectivity index (χ2n) is 12.5. The largest absolute Gasteiger partial charge is 0.413 e. The maximum absolute atomic E-state index is 13.1. The van der Waals surface area contributed by atoms with E-state index in [1.165, 1.54) is 0 Å². The fourth-order valence-corrected chi connectivity index (χ4v) is 5.66. The first-order chi connectivity index (χ1) is 18.1. The van der Waals surface area contributed by atoms with Gasteiger partial charge in [-0.1, -0.05) is 51.1 Å². The molecule has 1 aliphatic heterocycles. The summed E-state index contributed by atoms with van der Waals surface area (Å²) in [6.07, 6.45) is -0.968. The Morgan fingerprint density at radius 1 is 1.10 bits per heavy atom. The highest BCUT2D eigenvalue weighted by Crippen LogP contribution is 2.38. The number of ketones is 2. The minimum absolute atomic E-state index is 0.0125. The molecule has 1 fully saturated rings. The molecule has 0 saturated carbocycles. The van der Waals surface area contributed by atoms with Gasteiger partial charge in [0.15, 0.2) is 14.1 Å². The zero-order valence-electron chi connectivity index (χ0n) is 25.2. The summed E-state index contributed by atoms with van der Waals surface area (Å²) in [5, 5.41) is 10.3. The molecule has 0 amide bonds. The molecule has 9 heteroatoms. The molecule has 0 spiro atoms. The summed E-state index contributed by atoms with van der Waals surface area (Å²) in [5.74, 6) is -0.792. The smallest absolute Gasteiger partial charge is 0.192 e. The zero-order valence-corrected chi connectivity index (χ0v) is 26.2. The van der Waals surface area contributed by atoms with Crippen LogP contribution in [0, 0.1) is 0 Å². The molecule has 1 heterocycles. The first-order valence-electron chi connectivity index (χ1n) is 14.0. The lowest BCUT2D eigenvalue weighted by atomic mass is 10.00. The Hall–Kier alpha value is -1.46. The number of carbonyl (C=O) groups is 2. The fraction of sp³-hybridized carbons (Fsp3) is 0.733. The summed E-state index contributed by atoms with van der Waals surface area (Å²) in [6, 6.07) is 9.67. The number of rotatable bonds is 17. The van der Waals surface area contributed by atoms with Crippen LogP contribution in [-0.4, -0.2) is 75.5 Å². The van der Waals surface area contributed by atoms with Gasteiger partial charge in [-0.15, -0.1) is 0 Å². The number of hydrogen-bond donors (Lipinski definition) is 1. The maximum atomic E-state index is 13.1. The molecule has 8 nitrogen and oxygen atoms in total. The van der Waals surface area contributed by atoms with Crippen molar-refractivity contribution >= 4 is 19.9 Å². The van der Waals surface area contributed by atoms with Crippen LogP contribution in [0.3, 0.4) is 0 Å². The minimum Gasteiger partial charge on any atom is -0.413 e. The van der Waals surface area contributed by atoms with Crippen LogP contribution in [-0.2, 0) is 39.6 Å². The second-order valence-corrected chi connectivity index (χ2v) is 17.3. The van der Waals surface area contributed by atoms with E-state index in [1.54, 1.807) is 7.11 Å². The van der Waals surface area contributed by atoms with Crippen LogP contribution in [0.4, 0.5) is 0 Å². The number of carbonyl (C=O) groups excluding carboxylic acids is 2. The van der Waals surface area contributed by atoms with Crippen LogP contribution in [0.1, 0.15) is 72.3 Å². The Balaban J connectivity index is 1.92. The van der Waals surface area contributed by atoms with Crippen molar-refractivity contribution in [3.8, 4) is 0 Å². The van der Waals surface area contributed by atoms with Gasteiger partial charge < -0.3 is 28.5 Å². The van der Waals surface area contributed by atoms with Gasteiger partial charge in [0, 0.05) is 32.8 Å². The van der Waals surface area contributed by atoms with Crippen molar-refractivity contribution < 1.29 is 38.1 Å². The van der Waals surface area contributed by atoms with Crippen molar-refractivity contribution in [2.45, 2.75) is 122 Å². The van der Waals surface area contributed by atoms with E-state index in [9.17, 15) is 14.7 Å². The number of ether oxygens (including phenoxy) is 4. The molecule has 0 bridgehead atoms. The topological polar surface area (TPSA) is 101 Å². The van der Waals surface area contributed by atoms with Gasteiger partial charge in [-0.05, 0) is 44.0 Å². The lowest BCUT2D eigenvalue weighted by molar-refractivity contribution is -0.154. The standard InChI is InChI=1S/C30H50O8Si/c1-29(2,3)39(7,8)38-26(17-23(31)14-15-27(34-6)28-21-36-30(4,5)37-28)18-24(32)16-25(33)20-35-19-22-12-10-9-11-13-22/h9-13,25-28,33H,14-21H2,1-8H3/t25-,26+,27+,28-/m1/s1. The summed E-state index contributed by atoms with van der Waals surface area (Å²) in [6.45, 7) is 15.2. The van der Waals surface area contributed by atoms with Crippen molar-refractivity contribution in [1.29, 1.82) is 0 Å². The average Bonchev–Trinajstić information content (AvgIpc) is 3.18. The van der Waals surface area contributed by atoms with Crippen LogP contribution < -0.4 is 0 Å². The van der Waals surface area contributed by atoms with Crippen molar-refractivity contribution in [3.05, 3.63) is 35.9 Å². The molecule has 1 aromatic carbocycles. The molecular formula is C30H50O8Si. The normalized spacial score (nSPS) is 20.0. The number of aliphatic hydroxyl groups is 1. The first-order valence-corrected chi connectivity index (χ1v) is 16.9. The third-order valence-electron chi connectivity index (χ3n) is 7.52. The monoisotopic (exact) mass is 566 g/mol. The predicted octanol–water partition coefficient (Wildman–Crippen LogP) is 5.21. The number of benzene rings is 1. The predicted molar refractivity (Wildman–Crippen MR) is 153 cm³/mol. The Bertz CT molecular complexity index is 896. The van der Waals surface area contributed by atoms with E-state index in [2.05, 4.69) is 33.9 Å². The van der Waals surface area contributed by atoms with Gasteiger partial charge >= 0.3 is 0 Å². The van der Waals surface area contributed by atoms with Crippen LogP contribution in [0.2, 0.25) is 18.1 Å². The highest BCUT2D eigenvalue weighted by atomic mass is 28.4. The molecule has 1 saturated heterocycles. The quantitative estimate of drug-likeness (QED) is 0.257. The lowest BCUT2D eigenvalue weighted by Gasteiger charge is -2.39. The van der Waals surface area contributed by atoms with Gasteiger partial charge in [-0.3, -0.25) is 9.59 Å². The summed E-state index contributed by atoms with van der Waals surface area (Å²) in [4.78, 5) is 26.0. The summed E-state index contributed by atoms with van der Waals surface area (Å²) >= 11 is 0. The van der Waals surface area contributed by atoms with E-state index in [4.69, 9.17) is 23.4 Å². The molecular weight excluding hydrogens is 516 g/mol. The fourth-order valence-electron chi connectivity index (χ4n) is 4.31. The first kappa shape index (κ1) is 33.7. The van der Waals surface area contributed by atoms with Gasteiger partial charge in [0.2, 0.25) is 0 Å². The molecule has 1 aliphatic rings. The Morgan fingerprint density at radius 2 is 1.74 bits per heavy atom. The Labute approximate surface area is 235 Å². The molecule has 1 aromatic rings. The number of Topliss-reactive ketones (excluding diaryl/α,β-unsaturated/α-hetero) is 2. The third-order valence-corrected chi connectivity index (χ3v) is 12.1. The number of methoxy groups -OCH3 is 1. The molecule has 0 unspecified atom stereocenters. The summed E-state index contributed by atoms with van der Waals surface area (Å²) in [5.41, 5.74) is 1.00. The molecule has 39 heavy (non-hydrogen) atoms. The van der Waals surface area contributed by atoms with Crippen molar-refractivity contribution in [1.82, 2.24) is 0 Å². The molecule has 4 atom stereocenters. The molecule has 1 N–H and O–H groups in total. The van der Waals surface area contributed by atoms with Gasteiger partial charge in [-0.25, -0.2) is 0 Å². The highest BCUT2D eigenvalue weighted by molar-refractivity contribution is 6.74. The van der Waals surface area contributed by atoms with E-state index in [-0.39, 0.29) is 54.7 Å². The summed E-state index contributed by atoms with van der Waals surface area (Å²) < 4.78 is 29.3. The van der Waals surface area contributed by atoms with Crippen LogP contribution >= 0.6 is 0 Å². The zero-order chi connectivity index (χ0) is 29.3. The molecule has 0 aliphatic carbocycles. The van der Waals surface area contributed by atoms with Crippen molar-refractivity contribution in [2.24, 2.45) is 0 Å². The van der Waals surface area contributed by atoms with Crippen LogP contribution in [0.25, 0.3) is 0 Å². The van der Waals surface area contributed by atoms with E-state index in [0.29, 0.717) is 26.1 Å². The van der Waals surface area contributed by atoms with Crippen LogP contribution in [0.15, 0.2) is 30.3 Å². The van der Waals surface area contributed by atoms with Crippen LogP contribution in [0.5, 0.6) is 0 Å². The molecule has 222 valence electrons. The van der Waals surface area contributed by atoms with Gasteiger partial charge in [0.1, 0.15) is 17.7 Å². The highest BCUT2D eigenvalue weighted by Gasteiger charge is 2.40.